The molecular formula is C20H22N4O4. The number of rotatable bonds is 4. The molecule has 2 aromatic heterocycles. The van der Waals surface area contributed by atoms with E-state index in [4.69, 9.17) is 9.15 Å². The summed E-state index contributed by atoms with van der Waals surface area (Å²) in [4.78, 5) is 35.3. The summed E-state index contributed by atoms with van der Waals surface area (Å²) < 4.78 is 12.5. The average Bonchev–Trinajstić information content (AvgIpc) is 2.96. The molecule has 1 saturated heterocycles. The second-order valence-electron chi connectivity index (χ2n) is 7.08. The van der Waals surface area contributed by atoms with Gasteiger partial charge in [0.2, 0.25) is 5.91 Å². The first-order valence-electron chi connectivity index (χ1n) is 9.35. The van der Waals surface area contributed by atoms with Crippen molar-refractivity contribution in [3.8, 4) is 6.01 Å². The zero-order valence-corrected chi connectivity index (χ0v) is 15.9. The molecule has 1 aliphatic heterocycles. The van der Waals surface area contributed by atoms with Crippen molar-refractivity contribution in [3.63, 3.8) is 0 Å². The summed E-state index contributed by atoms with van der Waals surface area (Å²) in [5.74, 6) is -0.661. The predicted molar refractivity (Wildman–Crippen MR) is 102 cm³/mol. The second kappa shape index (κ2) is 7.46. The minimum Gasteiger partial charge on any atom is -0.458 e. The summed E-state index contributed by atoms with van der Waals surface area (Å²) in [5.41, 5.74) is 2.79. The van der Waals surface area contributed by atoms with Crippen LogP contribution in [0.4, 0.5) is 0 Å². The largest absolute Gasteiger partial charge is 0.458 e. The number of benzene rings is 1. The van der Waals surface area contributed by atoms with E-state index in [1.807, 2.05) is 26.0 Å². The Kier molecular flexibility index (Phi) is 4.85. The summed E-state index contributed by atoms with van der Waals surface area (Å²) in [6, 6.07) is 9.32. The first kappa shape index (κ1) is 18.2. The van der Waals surface area contributed by atoms with Crippen molar-refractivity contribution in [2.45, 2.75) is 39.3 Å². The number of fused-ring (bicyclic) bond motifs is 1. The Morgan fingerprint density at radius 1 is 1.25 bits per heavy atom. The van der Waals surface area contributed by atoms with Crippen LogP contribution in [0.3, 0.4) is 0 Å². The fourth-order valence-electron chi connectivity index (χ4n) is 3.56. The number of aryl methyl sites for hydroxylation is 2. The average molecular weight is 382 g/mol. The molecule has 1 aromatic carbocycles. The van der Waals surface area contributed by atoms with Crippen molar-refractivity contribution >= 4 is 17.0 Å². The number of aromatic nitrogens is 3. The van der Waals surface area contributed by atoms with Gasteiger partial charge in [-0.1, -0.05) is 12.1 Å². The monoisotopic (exact) mass is 382 g/mol. The molecule has 0 N–H and O–H groups in total. The van der Waals surface area contributed by atoms with E-state index in [1.165, 1.54) is 4.57 Å². The molecule has 4 rings (SSSR count). The highest BCUT2D eigenvalue weighted by molar-refractivity contribution is 5.79. The highest BCUT2D eigenvalue weighted by Gasteiger charge is 2.26. The molecule has 8 heteroatoms. The fraction of sp³-hybridized carbons (Fsp3) is 0.400. The number of carbonyl (C=O) groups excluding carboxylic acids is 1. The van der Waals surface area contributed by atoms with Crippen molar-refractivity contribution < 1.29 is 13.9 Å². The Labute approximate surface area is 161 Å². The van der Waals surface area contributed by atoms with Crippen LogP contribution in [-0.2, 0) is 11.3 Å². The lowest BCUT2D eigenvalue weighted by molar-refractivity contribution is -0.134. The van der Waals surface area contributed by atoms with Crippen LogP contribution in [0.5, 0.6) is 6.01 Å². The Morgan fingerprint density at radius 2 is 2.00 bits per heavy atom. The number of likely N-dealkylation sites (tertiary alicyclic amines) is 1. The van der Waals surface area contributed by atoms with Gasteiger partial charge in [0.25, 0.3) is 0 Å². The molecule has 3 heterocycles. The van der Waals surface area contributed by atoms with Crippen LogP contribution in [0.2, 0.25) is 0 Å². The van der Waals surface area contributed by atoms with E-state index in [0.717, 1.165) is 24.2 Å². The minimum atomic E-state index is -0.525. The quantitative estimate of drug-likeness (QED) is 0.686. The highest BCUT2D eigenvalue weighted by atomic mass is 16.5. The molecule has 28 heavy (non-hydrogen) atoms. The molecule has 1 aliphatic rings. The number of hydrogen-bond donors (Lipinski definition) is 0. The first-order chi connectivity index (χ1) is 13.5. The summed E-state index contributed by atoms with van der Waals surface area (Å²) in [5, 5.41) is 0. The van der Waals surface area contributed by atoms with E-state index >= 15 is 0 Å². The summed E-state index contributed by atoms with van der Waals surface area (Å²) in [7, 11) is 0. The first-order valence-corrected chi connectivity index (χ1v) is 9.35. The normalized spacial score (nSPS) is 17.1. The maximum atomic E-state index is 12.8. The predicted octanol–water partition coefficient (Wildman–Crippen LogP) is 2.07. The third-order valence-corrected chi connectivity index (χ3v) is 4.83. The van der Waals surface area contributed by atoms with Crippen molar-refractivity contribution in [2.75, 3.05) is 13.1 Å². The van der Waals surface area contributed by atoms with Crippen LogP contribution in [0, 0.1) is 13.8 Å². The highest BCUT2D eigenvalue weighted by Crippen LogP contribution is 2.18. The summed E-state index contributed by atoms with van der Waals surface area (Å²) in [6.07, 6.45) is 1.48. The van der Waals surface area contributed by atoms with Crippen LogP contribution in [0.25, 0.3) is 11.1 Å². The molecule has 0 unspecified atom stereocenters. The lowest BCUT2D eigenvalue weighted by Crippen LogP contribution is -2.46. The maximum Gasteiger partial charge on any atom is 0.420 e. The maximum absolute atomic E-state index is 12.8. The number of nitrogens with zero attached hydrogens (tertiary/aromatic N) is 4. The molecule has 8 nitrogen and oxygen atoms in total. The van der Waals surface area contributed by atoms with Gasteiger partial charge in [0, 0.05) is 17.9 Å². The van der Waals surface area contributed by atoms with Crippen LogP contribution < -0.4 is 10.5 Å². The molecule has 146 valence electrons. The number of para-hydroxylation sites is 2. The van der Waals surface area contributed by atoms with Gasteiger partial charge in [-0.2, -0.15) is 0 Å². The second-order valence-corrected chi connectivity index (χ2v) is 7.08. The number of amides is 1. The zero-order chi connectivity index (χ0) is 19.7. The van der Waals surface area contributed by atoms with E-state index in [2.05, 4.69) is 9.97 Å². The molecular weight excluding hydrogens is 360 g/mol. The van der Waals surface area contributed by atoms with E-state index in [9.17, 15) is 9.59 Å². The van der Waals surface area contributed by atoms with Crippen LogP contribution in [-0.4, -0.2) is 44.5 Å². The smallest absolute Gasteiger partial charge is 0.420 e. The van der Waals surface area contributed by atoms with Gasteiger partial charge in [0.15, 0.2) is 5.58 Å². The molecule has 1 atom stereocenters. The molecule has 1 amide bonds. The summed E-state index contributed by atoms with van der Waals surface area (Å²) in [6.45, 7) is 4.82. The van der Waals surface area contributed by atoms with Gasteiger partial charge in [0.05, 0.1) is 12.1 Å². The van der Waals surface area contributed by atoms with Gasteiger partial charge in [-0.25, -0.2) is 14.8 Å². The van der Waals surface area contributed by atoms with Crippen LogP contribution in [0.15, 0.2) is 39.5 Å². The topological polar surface area (TPSA) is 90.5 Å². The molecule has 0 radical (unpaired) electrons. The van der Waals surface area contributed by atoms with Crippen LogP contribution in [0.1, 0.15) is 24.2 Å². The molecule has 0 saturated carbocycles. The number of ether oxygens (including phenoxy) is 1. The summed E-state index contributed by atoms with van der Waals surface area (Å²) >= 11 is 0. The lowest BCUT2D eigenvalue weighted by Gasteiger charge is -2.32. The van der Waals surface area contributed by atoms with E-state index in [1.54, 1.807) is 23.1 Å². The van der Waals surface area contributed by atoms with Gasteiger partial charge in [0.1, 0.15) is 12.6 Å². The molecule has 0 bridgehead atoms. The Bertz CT molecular complexity index is 1050. The Hall–Kier alpha value is -3.16. The standard InChI is InChI=1S/C20H22N4O4/c1-13-10-14(2)22-19(21-13)27-15-6-5-9-23(11-15)18(25)12-24-16-7-3-4-8-17(16)28-20(24)26/h3-4,7-8,10,15H,5-6,9,11-12H2,1-2H3/t15-/m1/s1. The fourth-order valence-corrected chi connectivity index (χ4v) is 3.56. The van der Waals surface area contributed by atoms with E-state index in [0.29, 0.717) is 30.2 Å². The third-order valence-electron chi connectivity index (χ3n) is 4.83. The SMILES string of the molecule is Cc1cc(C)nc(O[C@@H]2CCCN(C(=O)Cn3c(=O)oc4ccccc43)C2)n1. The van der Waals surface area contributed by atoms with Gasteiger partial charge in [-0.05, 0) is 44.9 Å². The van der Waals surface area contributed by atoms with Gasteiger partial charge < -0.3 is 14.1 Å². The van der Waals surface area contributed by atoms with Crippen molar-refractivity contribution in [2.24, 2.45) is 0 Å². The third kappa shape index (κ3) is 3.76. The minimum absolute atomic E-state index is 0.0530. The Balaban J connectivity index is 1.46. The zero-order valence-electron chi connectivity index (χ0n) is 15.9. The van der Waals surface area contributed by atoms with E-state index in [-0.39, 0.29) is 18.6 Å². The number of carbonyl (C=O) groups is 1. The Morgan fingerprint density at radius 3 is 2.79 bits per heavy atom. The molecule has 0 spiro atoms. The van der Waals surface area contributed by atoms with Gasteiger partial charge in [-0.15, -0.1) is 0 Å². The molecule has 1 fully saturated rings. The van der Waals surface area contributed by atoms with Gasteiger partial charge in [-0.3, -0.25) is 9.36 Å². The van der Waals surface area contributed by atoms with Gasteiger partial charge >= 0.3 is 11.8 Å². The molecule has 3 aromatic rings. The molecule has 0 aliphatic carbocycles. The van der Waals surface area contributed by atoms with Crippen LogP contribution >= 0.6 is 0 Å². The number of hydrogen-bond acceptors (Lipinski definition) is 6. The van der Waals surface area contributed by atoms with E-state index < -0.39 is 5.76 Å². The van der Waals surface area contributed by atoms with Crippen molar-refractivity contribution in [3.05, 3.63) is 52.3 Å². The number of oxazole rings is 1. The lowest BCUT2D eigenvalue weighted by atomic mass is 10.1. The van der Waals surface area contributed by atoms with Crippen molar-refractivity contribution in [1.82, 2.24) is 19.4 Å². The van der Waals surface area contributed by atoms with Crippen molar-refractivity contribution in [1.29, 1.82) is 0 Å². The number of piperidine rings is 1.